The second-order valence-electron chi connectivity index (χ2n) is 8.30. The van der Waals surface area contributed by atoms with Crippen LogP contribution in [0.3, 0.4) is 0 Å². The van der Waals surface area contributed by atoms with Gasteiger partial charge >= 0.3 is 0 Å². The minimum Gasteiger partial charge on any atom is -0.306 e. The highest BCUT2D eigenvalue weighted by Gasteiger charge is 2.21. The summed E-state index contributed by atoms with van der Waals surface area (Å²) in [4.78, 5) is 20.2. The van der Waals surface area contributed by atoms with Gasteiger partial charge in [0.2, 0.25) is 0 Å². The van der Waals surface area contributed by atoms with E-state index in [1.807, 2.05) is 24.6 Å². The third-order valence-electron chi connectivity index (χ3n) is 5.90. The Balaban J connectivity index is 1.55. The van der Waals surface area contributed by atoms with Crippen molar-refractivity contribution < 1.29 is 4.39 Å². The van der Waals surface area contributed by atoms with Crippen LogP contribution in [0.15, 0.2) is 30.9 Å². The smallest absolute Gasteiger partial charge is 0.164 e. The SMILES string of the molecule is Cc1nc(C)c2nc(-c3cncc(F)c3)n(Cc3cnn(C4CCN(C)CC4)c3)c2n1. The van der Waals surface area contributed by atoms with Crippen molar-refractivity contribution in [2.75, 3.05) is 20.1 Å². The molecule has 0 atom stereocenters. The predicted octanol–water partition coefficient (Wildman–Crippen LogP) is 3.16. The number of likely N-dealkylation sites (tertiary alicyclic amines) is 1. The molecule has 5 rings (SSSR count). The molecule has 4 aromatic heterocycles. The van der Waals surface area contributed by atoms with E-state index in [9.17, 15) is 4.39 Å². The van der Waals surface area contributed by atoms with Crippen LogP contribution in [-0.2, 0) is 6.54 Å². The molecule has 0 amide bonds. The van der Waals surface area contributed by atoms with Gasteiger partial charge in [0.1, 0.15) is 23.0 Å². The summed E-state index contributed by atoms with van der Waals surface area (Å²) in [5.74, 6) is 0.902. The molecule has 9 heteroatoms. The number of pyridine rings is 1. The fraction of sp³-hybridized carbons (Fsp3) is 0.409. The fourth-order valence-corrected chi connectivity index (χ4v) is 4.28. The third kappa shape index (κ3) is 3.81. The number of halogens is 1. The highest BCUT2D eigenvalue weighted by molar-refractivity contribution is 5.79. The van der Waals surface area contributed by atoms with Crippen LogP contribution in [-0.4, -0.2) is 59.3 Å². The van der Waals surface area contributed by atoms with Crippen LogP contribution in [0.2, 0.25) is 0 Å². The number of hydrogen-bond donors (Lipinski definition) is 0. The van der Waals surface area contributed by atoms with Gasteiger partial charge in [0.15, 0.2) is 5.65 Å². The summed E-state index contributed by atoms with van der Waals surface area (Å²) < 4.78 is 18.0. The highest BCUT2D eigenvalue weighted by atomic mass is 19.1. The van der Waals surface area contributed by atoms with E-state index in [-0.39, 0.29) is 0 Å². The second-order valence-corrected chi connectivity index (χ2v) is 8.30. The van der Waals surface area contributed by atoms with E-state index in [1.165, 1.54) is 12.3 Å². The fourth-order valence-electron chi connectivity index (χ4n) is 4.28. The average molecular weight is 420 g/mol. The minimum atomic E-state index is -0.398. The molecule has 0 aromatic carbocycles. The van der Waals surface area contributed by atoms with Crippen molar-refractivity contribution in [1.82, 2.24) is 39.2 Å². The quantitative estimate of drug-likeness (QED) is 0.505. The Bertz CT molecular complexity index is 1240. The van der Waals surface area contributed by atoms with Crippen LogP contribution in [0, 0.1) is 19.7 Å². The predicted molar refractivity (Wildman–Crippen MR) is 115 cm³/mol. The maximum absolute atomic E-state index is 13.9. The lowest BCUT2D eigenvalue weighted by Crippen LogP contribution is -2.31. The van der Waals surface area contributed by atoms with Crippen molar-refractivity contribution in [2.24, 2.45) is 0 Å². The molecular weight excluding hydrogens is 395 g/mol. The average Bonchev–Trinajstić information content (AvgIpc) is 3.35. The molecular formula is C22H25FN8. The standard InChI is InChI=1S/C22H25FN8/c1-14-20-22(27-15(2)26-14)30(21(28-20)17-8-18(23)11-24-10-17)12-16-9-25-31(13-16)19-4-6-29(3)7-5-19/h8-11,13,19H,4-7,12H2,1-3H3. The maximum atomic E-state index is 13.9. The van der Waals surface area contributed by atoms with Crippen molar-refractivity contribution in [3.8, 4) is 11.4 Å². The third-order valence-corrected chi connectivity index (χ3v) is 5.90. The number of rotatable bonds is 4. The first-order chi connectivity index (χ1) is 15.0. The number of aromatic nitrogens is 7. The molecule has 31 heavy (non-hydrogen) atoms. The second kappa shape index (κ2) is 7.81. The Labute approximate surface area is 179 Å². The summed E-state index contributed by atoms with van der Waals surface area (Å²) in [5.41, 5.74) is 3.91. The summed E-state index contributed by atoms with van der Waals surface area (Å²) in [6, 6.07) is 1.87. The van der Waals surface area contributed by atoms with Gasteiger partial charge < -0.3 is 9.47 Å². The number of piperidine rings is 1. The molecule has 160 valence electrons. The Morgan fingerprint density at radius 3 is 2.65 bits per heavy atom. The molecule has 0 bridgehead atoms. The zero-order chi connectivity index (χ0) is 21.5. The lowest BCUT2D eigenvalue weighted by atomic mass is 10.1. The van der Waals surface area contributed by atoms with Gasteiger partial charge in [-0.2, -0.15) is 5.10 Å². The van der Waals surface area contributed by atoms with Crippen LogP contribution in [0.25, 0.3) is 22.6 Å². The van der Waals surface area contributed by atoms with Gasteiger partial charge in [-0.15, -0.1) is 0 Å². The van der Waals surface area contributed by atoms with Crippen LogP contribution in [0.4, 0.5) is 4.39 Å². The molecule has 5 heterocycles. The van der Waals surface area contributed by atoms with Crippen molar-refractivity contribution in [2.45, 2.75) is 39.3 Å². The molecule has 1 aliphatic heterocycles. The van der Waals surface area contributed by atoms with E-state index < -0.39 is 5.82 Å². The molecule has 0 radical (unpaired) electrons. The molecule has 0 N–H and O–H groups in total. The van der Waals surface area contributed by atoms with Crippen molar-refractivity contribution >= 4 is 11.2 Å². The molecule has 0 saturated carbocycles. The molecule has 0 unspecified atom stereocenters. The molecule has 0 spiro atoms. The van der Waals surface area contributed by atoms with E-state index in [1.54, 1.807) is 6.20 Å². The number of imidazole rings is 1. The van der Waals surface area contributed by atoms with Gasteiger partial charge in [0.25, 0.3) is 0 Å². The lowest BCUT2D eigenvalue weighted by molar-refractivity contribution is 0.212. The van der Waals surface area contributed by atoms with E-state index in [2.05, 4.69) is 42.9 Å². The first kappa shape index (κ1) is 19.7. The summed E-state index contributed by atoms with van der Waals surface area (Å²) in [6.45, 7) is 6.48. The van der Waals surface area contributed by atoms with Gasteiger partial charge in [-0.3, -0.25) is 9.67 Å². The topological polar surface area (TPSA) is 77.5 Å². The molecule has 1 aliphatic rings. The maximum Gasteiger partial charge on any atom is 0.164 e. The number of fused-ring (bicyclic) bond motifs is 1. The minimum absolute atomic E-state index is 0.398. The summed E-state index contributed by atoms with van der Waals surface area (Å²) in [6.07, 6.45) is 9.01. The first-order valence-electron chi connectivity index (χ1n) is 10.5. The van der Waals surface area contributed by atoms with Gasteiger partial charge in [0.05, 0.1) is 30.7 Å². The van der Waals surface area contributed by atoms with Crippen molar-refractivity contribution in [3.05, 3.63) is 53.8 Å². The van der Waals surface area contributed by atoms with Crippen LogP contribution >= 0.6 is 0 Å². The largest absolute Gasteiger partial charge is 0.306 e. The molecule has 8 nitrogen and oxygen atoms in total. The van der Waals surface area contributed by atoms with Gasteiger partial charge in [-0.25, -0.2) is 19.3 Å². The van der Waals surface area contributed by atoms with Crippen LogP contribution in [0.5, 0.6) is 0 Å². The Hall–Kier alpha value is -3.20. The van der Waals surface area contributed by atoms with Crippen molar-refractivity contribution in [3.63, 3.8) is 0 Å². The van der Waals surface area contributed by atoms with Crippen LogP contribution in [0.1, 0.15) is 36.0 Å². The molecule has 1 saturated heterocycles. The van der Waals surface area contributed by atoms with E-state index >= 15 is 0 Å². The highest BCUT2D eigenvalue weighted by Crippen LogP contribution is 2.27. The summed E-state index contributed by atoms with van der Waals surface area (Å²) in [5, 5.41) is 4.64. The zero-order valence-corrected chi connectivity index (χ0v) is 18.0. The number of hydrogen-bond acceptors (Lipinski definition) is 6. The Morgan fingerprint density at radius 1 is 1.06 bits per heavy atom. The van der Waals surface area contributed by atoms with Gasteiger partial charge in [-0.1, -0.05) is 0 Å². The zero-order valence-electron chi connectivity index (χ0n) is 18.0. The molecule has 0 aliphatic carbocycles. The monoisotopic (exact) mass is 420 g/mol. The van der Waals surface area contributed by atoms with Crippen LogP contribution < -0.4 is 0 Å². The van der Waals surface area contributed by atoms with E-state index in [4.69, 9.17) is 4.98 Å². The molecule has 1 fully saturated rings. The van der Waals surface area contributed by atoms with Crippen molar-refractivity contribution in [1.29, 1.82) is 0 Å². The summed E-state index contributed by atoms with van der Waals surface area (Å²) in [7, 11) is 2.16. The van der Waals surface area contributed by atoms with Gasteiger partial charge in [0, 0.05) is 23.5 Å². The Kier molecular flexibility index (Phi) is 4.97. The Morgan fingerprint density at radius 2 is 1.87 bits per heavy atom. The molecule has 4 aromatic rings. The van der Waals surface area contributed by atoms with E-state index in [0.29, 0.717) is 35.3 Å². The normalized spacial score (nSPS) is 15.7. The van der Waals surface area contributed by atoms with E-state index in [0.717, 1.165) is 42.8 Å². The van der Waals surface area contributed by atoms with Gasteiger partial charge in [-0.05, 0) is 52.9 Å². The number of aryl methyl sites for hydroxylation is 2. The number of nitrogens with zero attached hydrogens (tertiary/aromatic N) is 8. The summed E-state index contributed by atoms with van der Waals surface area (Å²) >= 11 is 0. The first-order valence-corrected chi connectivity index (χ1v) is 10.5. The lowest BCUT2D eigenvalue weighted by Gasteiger charge is -2.28.